The second kappa shape index (κ2) is 4.80. The largest absolute Gasteiger partial charge is 0.326 e. The molecular weight excluding hydrogens is 174 g/mol. The van der Waals surface area contributed by atoms with Crippen molar-refractivity contribution in [2.45, 2.75) is 27.2 Å². The van der Waals surface area contributed by atoms with Crippen LogP contribution in [-0.2, 0) is 4.79 Å². The average molecular weight is 191 g/mol. The second-order valence-corrected chi connectivity index (χ2v) is 3.66. The minimum absolute atomic E-state index is 0.0799. The van der Waals surface area contributed by atoms with Crippen LogP contribution in [0.15, 0.2) is 24.3 Å². The zero-order chi connectivity index (χ0) is 10.6. The van der Waals surface area contributed by atoms with Crippen molar-refractivity contribution >= 4 is 11.6 Å². The molecule has 0 aliphatic carbocycles. The van der Waals surface area contributed by atoms with Crippen molar-refractivity contribution in [2.75, 3.05) is 5.32 Å². The van der Waals surface area contributed by atoms with Gasteiger partial charge in [0.05, 0.1) is 0 Å². The Labute approximate surface area is 85.3 Å². The first-order valence-corrected chi connectivity index (χ1v) is 5.01. The normalized spacial score (nSPS) is 12.2. The molecule has 0 saturated heterocycles. The van der Waals surface area contributed by atoms with E-state index in [-0.39, 0.29) is 11.8 Å². The van der Waals surface area contributed by atoms with Crippen LogP contribution in [0, 0.1) is 12.8 Å². The zero-order valence-electron chi connectivity index (χ0n) is 9.00. The van der Waals surface area contributed by atoms with Gasteiger partial charge >= 0.3 is 0 Å². The SMILES string of the molecule is CC[C@@H](C)C(=O)Nc1ccc(C)cc1. The molecule has 0 fully saturated rings. The van der Waals surface area contributed by atoms with Gasteiger partial charge in [-0.2, -0.15) is 0 Å². The highest BCUT2D eigenvalue weighted by Gasteiger charge is 2.09. The van der Waals surface area contributed by atoms with Crippen molar-refractivity contribution in [1.29, 1.82) is 0 Å². The quantitative estimate of drug-likeness (QED) is 0.781. The summed E-state index contributed by atoms with van der Waals surface area (Å²) in [6, 6.07) is 7.84. The number of amides is 1. The zero-order valence-corrected chi connectivity index (χ0v) is 9.00. The van der Waals surface area contributed by atoms with Crippen molar-refractivity contribution in [3.8, 4) is 0 Å². The predicted molar refractivity (Wildman–Crippen MR) is 59.3 cm³/mol. The Morgan fingerprint density at radius 1 is 1.36 bits per heavy atom. The maximum absolute atomic E-state index is 11.5. The summed E-state index contributed by atoms with van der Waals surface area (Å²) in [6.45, 7) is 5.98. The van der Waals surface area contributed by atoms with E-state index in [0.717, 1.165) is 12.1 Å². The summed E-state index contributed by atoms with van der Waals surface area (Å²) in [4.78, 5) is 11.5. The fourth-order valence-corrected chi connectivity index (χ4v) is 1.09. The fourth-order valence-electron chi connectivity index (χ4n) is 1.09. The van der Waals surface area contributed by atoms with E-state index in [4.69, 9.17) is 0 Å². The molecule has 2 nitrogen and oxygen atoms in total. The van der Waals surface area contributed by atoms with Crippen molar-refractivity contribution in [1.82, 2.24) is 0 Å². The van der Waals surface area contributed by atoms with E-state index in [1.165, 1.54) is 5.56 Å². The lowest BCUT2D eigenvalue weighted by atomic mass is 10.1. The fraction of sp³-hybridized carbons (Fsp3) is 0.417. The molecule has 76 valence electrons. The first-order valence-electron chi connectivity index (χ1n) is 5.01. The minimum atomic E-state index is 0.0799. The summed E-state index contributed by atoms with van der Waals surface area (Å²) in [6.07, 6.45) is 0.873. The van der Waals surface area contributed by atoms with E-state index in [1.807, 2.05) is 45.0 Å². The Balaban J connectivity index is 2.60. The third-order valence-corrected chi connectivity index (χ3v) is 2.38. The van der Waals surface area contributed by atoms with Crippen molar-refractivity contribution in [3.05, 3.63) is 29.8 Å². The van der Waals surface area contributed by atoms with Gasteiger partial charge in [0.1, 0.15) is 0 Å². The van der Waals surface area contributed by atoms with E-state index in [9.17, 15) is 4.79 Å². The first-order chi connectivity index (χ1) is 6.63. The Kier molecular flexibility index (Phi) is 3.69. The number of aryl methyl sites for hydroxylation is 1. The molecule has 0 aliphatic heterocycles. The summed E-state index contributed by atoms with van der Waals surface area (Å²) < 4.78 is 0. The second-order valence-electron chi connectivity index (χ2n) is 3.66. The molecule has 1 N–H and O–H groups in total. The van der Waals surface area contributed by atoms with Crippen molar-refractivity contribution in [2.24, 2.45) is 5.92 Å². The van der Waals surface area contributed by atoms with E-state index in [0.29, 0.717) is 0 Å². The number of hydrogen-bond donors (Lipinski definition) is 1. The number of anilines is 1. The third kappa shape index (κ3) is 2.87. The average Bonchev–Trinajstić information content (AvgIpc) is 2.20. The smallest absolute Gasteiger partial charge is 0.227 e. The van der Waals surface area contributed by atoms with Gasteiger partial charge in [0, 0.05) is 11.6 Å². The van der Waals surface area contributed by atoms with Crippen LogP contribution in [0.25, 0.3) is 0 Å². The van der Waals surface area contributed by atoms with E-state index in [2.05, 4.69) is 5.32 Å². The molecule has 0 spiro atoms. The predicted octanol–water partition coefficient (Wildman–Crippen LogP) is 2.98. The lowest BCUT2D eigenvalue weighted by molar-refractivity contribution is -0.119. The van der Waals surface area contributed by atoms with Gasteiger partial charge in [-0.3, -0.25) is 4.79 Å². The van der Waals surface area contributed by atoms with Gasteiger partial charge in [-0.1, -0.05) is 31.5 Å². The first kappa shape index (κ1) is 10.8. The topological polar surface area (TPSA) is 29.1 Å². The van der Waals surface area contributed by atoms with Crippen LogP contribution >= 0.6 is 0 Å². The summed E-state index contributed by atoms with van der Waals surface area (Å²) in [5.74, 6) is 0.174. The molecule has 1 aromatic carbocycles. The van der Waals surface area contributed by atoms with Crippen LogP contribution in [0.4, 0.5) is 5.69 Å². The van der Waals surface area contributed by atoms with Crippen LogP contribution in [0.2, 0.25) is 0 Å². The molecular formula is C12H17NO. The van der Waals surface area contributed by atoms with Crippen molar-refractivity contribution in [3.63, 3.8) is 0 Å². The standard InChI is InChI=1S/C12H17NO/c1-4-10(3)12(14)13-11-7-5-9(2)6-8-11/h5-8,10H,4H2,1-3H3,(H,13,14)/t10-/m1/s1. The summed E-state index contributed by atoms with van der Waals surface area (Å²) in [5.41, 5.74) is 2.08. The van der Waals surface area contributed by atoms with Crippen LogP contribution < -0.4 is 5.32 Å². The van der Waals surface area contributed by atoms with Gasteiger partial charge in [0.15, 0.2) is 0 Å². The lowest BCUT2D eigenvalue weighted by Crippen LogP contribution is -2.19. The third-order valence-electron chi connectivity index (χ3n) is 2.38. The molecule has 0 aromatic heterocycles. The minimum Gasteiger partial charge on any atom is -0.326 e. The maximum atomic E-state index is 11.5. The molecule has 0 bridgehead atoms. The molecule has 2 heteroatoms. The molecule has 0 aliphatic rings. The van der Waals surface area contributed by atoms with Crippen LogP contribution in [0.3, 0.4) is 0 Å². The Morgan fingerprint density at radius 2 is 1.93 bits per heavy atom. The molecule has 1 rings (SSSR count). The molecule has 14 heavy (non-hydrogen) atoms. The molecule has 0 unspecified atom stereocenters. The maximum Gasteiger partial charge on any atom is 0.227 e. The van der Waals surface area contributed by atoms with Crippen LogP contribution in [0.1, 0.15) is 25.8 Å². The van der Waals surface area contributed by atoms with Gasteiger partial charge in [-0.25, -0.2) is 0 Å². The summed E-state index contributed by atoms with van der Waals surface area (Å²) in [5, 5.41) is 2.88. The van der Waals surface area contributed by atoms with Gasteiger partial charge in [-0.15, -0.1) is 0 Å². The number of benzene rings is 1. The highest BCUT2D eigenvalue weighted by molar-refractivity contribution is 5.92. The molecule has 1 aromatic rings. The number of carbonyl (C=O) groups excluding carboxylic acids is 1. The van der Waals surface area contributed by atoms with Gasteiger partial charge in [0.2, 0.25) is 5.91 Å². The Morgan fingerprint density at radius 3 is 2.43 bits per heavy atom. The van der Waals surface area contributed by atoms with Crippen LogP contribution in [0.5, 0.6) is 0 Å². The summed E-state index contributed by atoms with van der Waals surface area (Å²) in [7, 11) is 0. The number of nitrogens with one attached hydrogen (secondary N) is 1. The number of carbonyl (C=O) groups is 1. The monoisotopic (exact) mass is 191 g/mol. The van der Waals surface area contributed by atoms with E-state index in [1.54, 1.807) is 0 Å². The summed E-state index contributed by atoms with van der Waals surface area (Å²) >= 11 is 0. The molecule has 1 amide bonds. The highest BCUT2D eigenvalue weighted by Crippen LogP contribution is 2.11. The number of rotatable bonds is 3. The van der Waals surface area contributed by atoms with Gasteiger partial charge in [0.25, 0.3) is 0 Å². The van der Waals surface area contributed by atoms with Crippen molar-refractivity contribution < 1.29 is 4.79 Å². The Hall–Kier alpha value is -1.31. The molecule has 0 radical (unpaired) electrons. The van der Waals surface area contributed by atoms with E-state index < -0.39 is 0 Å². The lowest BCUT2D eigenvalue weighted by Gasteiger charge is -2.09. The molecule has 0 heterocycles. The Bertz CT molecular complexity index is 303. The van der Waals surface area contributed by atoms with Crippen LogP contribution in [-0.4, -0.2) is 5.91 Å². The highest BCUT2D eigenvalue weighted by atomic mass is 16.1. The molecule has 0 saturated carbocycles. The molecule has 1 atom stereocenters. The van der Waals surface area contributed by atoms with Gasteiger partial charge < -0.3 is 5.32 Å². The van der Waals surface area contributed by atoms with Gasteiger partial charge in [-0.05, 0) is 25.5 Å². The van der Waals surface area contributed by atoms with E-state index >= 15 is 0 Å². The number of hydrogen-bond acceptors (Lipinski definition) is 1.